The minimum Gasteiger partial charge on any atom is -0.370 e. The summed E-state index contributed by atoms with van der Waals surface area (Å²) in [5, 5.41) is 1.03. The molecule has 0 atom stereocenters. The van der Waals surface area contributed by atoms with Gasteiger partial charge in [-0.15, -0.1) is 0 Å². The number of carbonyl (C=O) groups is 1. The smallest absolute Gasteiger partial charge is 0.243 e. The first-order valence-electron chi connectivity index (χ1n) is 6.49. The zero-order valence-electron chi connectivity index (χ0n) is 11.2. The number of rotatable bonds is 5. The van der Waals surface area contributed by atoms with Crippen LogP contribution in [0.3, 0.4) is 0 Å². The Morgan fingerprint density at radius 1 is 1.43 bits per heavy atom. The van der Waals surface area contributed by atoms with Crippen LogP contribution in [0.4, 0.5) is 0 Å². The maximum Gasteiger partial charge on any atom is 0.243 e. The standard InChI is InChI=1S/C14H14N4O2S/c15-12(19)8-20-6-5-18-13-9-3-1-2-4-10(9)16-7-11(13)17-14(18)21/h1-4,7H,5-6,8H2,(H2,15,19)(H,17,21). The molecule has 0 unspecified atom stereocenters. The molecule has 3 N–H and O–H groups in total. The van der Waals surface area contributed by atoms with Crippen LogP contribution in [-0.2, 0) is 16.1 Å². The average Bonchev–Trinajstić information content (AvgIpc) is 2.79. The maximum atomic E-state index is 10.7. The summed E-state index contributed by atoms with van der Waals surface area (Å²) in [5.41, 5.74) is 7.83. The Morgan fingerprint density at radius 2 is 2.24 bits per heavy atom. The quantitative estimate of drug-likeness (QED) is 0.555. The fraction of sp³-hybridized carbons (Fsp3) is 0.214. The highest BCUT2D eigenvalue weighted by molar-refractivity contribution is 7.71. The molecule has 108 valence electrons. The van der Waals surface area contributed by atoms with Gasteiger partial charge in [0.25, 0.3) is 0 Å². The van der Waals surface area contributed by atoms with Crippen LogP contribution in [0, 0.1) is 4.77 Å². The van der Waals surface area contributed by atoms with Crippen LogP contribution in [0.5, 0.6) is 0 Å². The molecule has 1 aromatic carbocycles. The topological polar surface area (TPSA) is 85.9 Å². The highest BCUT2D eigenvalue weighted by Gasteiger charge is 2.09. The number of hydrogen-bond donors (Lipinski definition) is 2. The molecular weight excluding hydrogens is 288 g/mol. The number of ether oxygens (including phenoxy) is 1. The van der Waals surface area contributed by atoms with E-state index in [1.165, 1.54) is 0 Å². The second-order valence-electron chi connectivity index (χ2n) is 4.64. The monoisotopic (exact) mass is 302 g/mol. The molecule has 0 aliphatic rings. The fourth-order valence-corrected chi connectivity index (χ4v) is 2.63. The molecule has 0 radical (unpaired) electrons. The molecule has 0 spiro atoms. The van der Waals surface area contributed by atoms with Crippen molar-refractivity contribution in [3.05, 3.63) is 35.2 Å². The van der Waals surface area contributed by atoms with Gasteiger partial charge in [0.2, 0.25) is 5.91 Å². The van der Waals surface area contributed by atoms with E-state index in [2.05, 4.69) is 9.97 Å². The van der Waals surface area contributed by atoms with Crippen molar-refractivity contribution in [3.63, 3.8) is 0 Å². The Balaban J connectivity index is 2.01. The van der Waals surface area contributed by atoms with Crippen molar-refractivity contribution in [2.75, 3.05) is 13.2 Å². The van der Waals surface area contributed by atoms with Gasteiger partial charge in [0.15, 0.2) is 4.77 Å². The zero-order valence-corrected chi connectivity index (χ0v) is 12.0. The summed E-state index contributed by atoms with van der Waals surface area (Å²) in [6.07, 6.45) is 1.77. The fourth-order valence-electron chi connectivity index (χ4n) is 2.34. The van der Waals surface area contributed by atoms with Crippen molar-refractivity contribution in [2.24, 2.45) is 5.73 Å². The number of fused-ring (bicyclic) bond motifs is 3. The number of nitrogens with one attached hydrogen (secondary N) is 1. The molecule has 0 saturated heterocycles. The third-order valence-corrected chi connectivity index (χ3v) is 3.53. The molecule has 0 bridgehead atoms. The Hall–Kier alpha value is -2.25. The number of carbonyl (C=O) groups excluding carboxylic acids is 1. The van der Waals surface area contributed by atoms with E-state index in [1.54, 1.807) is 6.20 Å². The Bertz CT molecular complexity index is 868. The van der Waals surface area contributed by atoms with E-state index in [0.29, 0.717) is 17.9 Å². The second kappa shape index (κ2) is 5.63. The van der Waals surface area contributed by atoms with E-state index in [9.17, 15) is 4.79 Å². The van der Waals surface area contributed by atoms with Crippen LogP contribution in [-0.4, -0.2) is 33.7 Å². The summed E-state index contributed by atoms with van der Waals surface area (Å²) in [6.45, 7) is 0.818. The van der Waals surface area contributed by atoms with Crippen molar-refractivity contribution in [1.29, 1.82) is 0 Å². The van der Waals surface area contributed by atoms with E-state index >= 15 is 0 Å². The predicted molar refractivity (Wildman–Crippen MR) is 82.4 cm³/mol. The Kier molecular flexibility index (Phi) is 3.68. The van der Waals surface area contributed by atoms with Gasteiger partial charge in [-0.25, -0.2) is 0 Å². The lowest BCUT2D eigenvalue weighted by atomic mass is 10.2. The molecule has 0 fully saturated rings. The summed E-state index contributed by atoms with van der Waals surface area (Å²) >= 11 is 5.35. The lowest BCUT2D eigenvalue weighted by Gasteiger charge is -2.07. The van der Waals surface area contributed by atoms with Crippen molar-refractivity contribution < 1.29 is 9.53 Å². The number of para-hydroxylation sites is 1. The molecule has 6 nitrogen and oxygen atoms in total. The number of nitrogens with two attached hydrogens (primary N) is 1. The largest absolute Gasteiger partial charge is 0.370 e. The zero-order chi connectivity index (χ0) is 14.8. The number of H-pyrrole nitrogens is 1. The maximum absolute atomic E-state index is 10.7. The van der Waals surface area contributed by atoms with E-state index in [4.69, 9.17) is 22.7 Å². The minimum atomic E-state index is -0.479. The first kappa shape index (κ1) is 13.7. The van der Waals surface area contributed by atoms with Gasteiger partial charge in [-0.3, -0.25) is 9.78 Å². The van der Waals surface area contributed by atoms with Crippen LogP contribution < -0.4 is 5.73 Å². The van der Waals surface area contributed by atoms with Gasteiger partial charge in [0.1, 0.15) is 6.61 Å². The summed E-state index contributed by atoms with van der Waals surface area (Å²) in [4.78, 5) is 18.2. The number of aromatic amines is 1. The molecule has 21 heavy (non-hydrogen) atoms. The third kappa shape index (κ3) is 2.65. The first-order chi connectivity index (χ1) is 10.2. The van der Waals surface area contributed by atoms with E-state index in [-0.39, 0.29) is 6.61 Å². The number of benzene rings is 1. The number of pyridine rings is 1. The van der Waals surface area contributed by atoms with Gasteiger partial charge >= 0.3 is 0 Å². The SMILES string of the molecule is NC(=O)COCCn1c(=S)[nH]c2cnc3ccccc3c21. The Morgan fingerprint density at radius 3 is 3.05 bits per heavy atom. The number of amides is 1. The summed E-state index contributed by atoms with van der Waals surface area (Å²) < 4.78 is 7.77. The van der Waals surface area contributed by atoms with Crippen LogP contribution in [0.2, 0.25) is 0 Å². The van der Waals surface area contributed by atoms with Gasteiger partial charge in [0, 0.05) is 11.9 Å². The van der Waals surface area contributed by atoms with Crippen LogP contribution in [0.1, 0.15) is 0 Å². The van der Waals surface area contributed by atoms with Crippen LogP contribution in [0.15, 0.2) is 30.5 Å². The van der Waals surface area contributed by atoms with Crippen molar-refractivity contribution in [3.8, 4) is 0 Å². The van der Waals surface area contributed by atoms with Crippen molar-refractivity contribution >= 4 is 40.1 Å². The highest BCUT2D eigenvalue weighted by atomic mass is 32.1. The number of hydrogen-bond acceptors (Lipinski definition) is 4. The van der Waals surface area contributed by atoms with Gasteiger partial charge in [-0.05, 0) is 18.3 Å². The number of imidazole rings is 1. The normalized spacial score (nSPS) is 11.2. The van der Waals surface area contributed by atoms with Gasteiger partial charge in [-0.1, -0.05) is 18.2 Å². The average molecular weight is 302 g/mol. The molecule has 2 heterocycles. The Labute approximate surface area is 125 Å². The molecule has 3 rings (SSSR count). The predicted octanol–water partition coefficient (Wildman–Crippen LogP) is 1.75. The molecule has 0 aliphatic carbocycles. The molecular formula is C14H14N4O2S. The summed E-state index contributed by atoms with van der Waals surface area (Å²) in [6, 6.07) is 7.88. The molecule has 0 saturated carbocycles. The van der Waals surface area contributed by atoms with Gasteiger partial charge < -0.3 is 20.0 Å². The molecule has 3 aromatic rings. The molecule has 1 amide bonds. The van der Waals surface area contributed by atoms with E-state index in [1.807, 2.05) is 28.8 Å². The first-order valence-corrected chi connectivity index (χ1v) is 6.90. The highest BCUT2D eigenvalue weighted by Crippen LogP contribution is 2.23. The van der Waals surface area contributed by atoms with Crippen molar-refractivity contribution in [1.82, 2.24) is 14.5 Å². The summed E-state index contributed by atoms with van der Waals surface area (Å²) in [5.74, 6) is -0.479. The van der Waals surface area contributed by atoms with E-state index in [0.717, 1.165) is 21.9 Å². The third-order valence-electron chi connectivity index (χ3n) is 3.21. The number of aromatic nitrogens is 3. The molecule has 0 aliphatic heterocycles. The van der Waals surface area contributed by atoms with Gasteiger partial charge in [-0.2, -0.15) is 0 Å². The number of nitrogens with zero attached hydrogens (tertiary/aromatic N) is 2. The van der Waals surface area contributed by atoms with E-state index < -0.39 is 5.91 Å². The van der Waals surface area contributed by atoms with Gasteiger partial charge in [0.05, 0.1) is 29.4 Å². The molecule has 7 heteroatoms. The lowest BCUT2D eigenvalue weighted by Crippen LogP contribution is -2.19. The van der Waals surface area contributed by atoms with Crippen LogP contribution >= 0.6 is 12.2 Å². The van der Waals surface area contributed by atoms with Crippen molar-refractivity contribution in [2.45, 2.75) is 6.54 Å². The lowest BCUT2D eigenvalue weighted by molar-refractivity contribution is -0.122. The summed E-state index contributed by atoms with van der Waals surface area (Å²) in [7, 11) is 0. The number of primary amides is 1. The minimum absolute atomic E-state index is 0.0853. The molecule has 2 aromatic heterocycles. The second-order valence-corrected chi connectivity index (χ2v) is 5.03. The van der Waals surface area contributed by atoms with Crippen LogP contribution in [0.25, 0.3) is 21.9 Å².